The Hall–Kier alpha value is -1.86. The van der Waals surface area contributed by atoms with Gasteiger partial charge in [0.2, 0.25) is 0 Å². The molecule has 0 amide bonds. The van der Waals surface area contributed by atoms with Crippen molar-refractivity contribution in [1.29, 1.82) is 0 Å². The molecule has 0 bridgehead atoms. The highest BCUT2D eigenvalue weighted by molar-refractivity contribution is 5.39. The fourth-order valence-electron chi connectivity index (χ4n) is 1.36. The normalized spacial score (nSPS) is 9.31. The molecule has 1 rings (SSSR count). The summed E-state index contributed by atoms with van der Waals surface area (Å²) in [6.45, 7) is 3.10. The summed E-state index contributed by atoms with van der Waals surface area (Å²) in [6, 6.07) is 6.80. The standard InChI is InChI=1S/C12H14N2O2/c1-2-3-9-13-10-8-11-6-4-5-7-12(11)14(15)16/h4-7,13H,8-10H2,1H3. The molecule has 0 aromatic heterocycles. The van der Waals surface area contributed by atoms with Crippen LogP contribution in [-0.4, -0.2) is 18.0 Å². The lowest BCUT2D eigenvalue weighted by Crippen LogP contribution is -2.17. The second-order valence-corrected chi connectivity index (χ2v) is 3.24. The van der Waals surface area contributed by atoms with Gasteiger partial charge in [-0.15, -0.1) is 5.92 Å². The molecule has 1 aromatic carbocycles. The molecule has 4 nitrogen and oxygen atoms in total. The minimum absolute atomic E-state index is 0.186. The van der Waals surface area contributed by atoms with Gasteiger partial charge >= 0.3 is 0 Å². The quantitative estimate of drug-likeness (QED) is 0.354. The Kier molecular flexibility index (Phi) is 5.03. The molecule has 0 aliphatic carbocycles. The van der Waals surface area contributed by atoms with E-state index in [4.69, 9.17) is 0 Å². The van der Waals surface area contributed by atoms with E-state index in [1.807, 2.05) is 6.07 Å². The molecule has 0 heterocycles. The first-order valence-corrected chi connectivity index (χ1v) is 5.08. The van der Waals surface area contributed by atoms with E-state index < -0.39 is 0 Å². The van der Waals surface area contributed by atoms with E-state index in [2.05, 4.69) is 17.2 Å². The van der Waals surface area contributed by atoms with Gasteiger partial charge in [0.05, 0.1) is 11.5 Å². The van der Waals surface area contributed by atoms with Crippen LogP contribution in [0.25, 0.3) is 0 Å². The van der Waals surface area contributed by atoms with Gasteiger partial charge in [-0.25, -0.2) is 0 Å². The van der Waals surface area contributed by atoms with Crippen LogP contribution in [0.15, 0.2) is 24.3 Å². The molecule has 0 aliphatic rings. The summed E-state index contributed by atoms with van der Waals surface area (Å²) in [6.07, 6.45) is 0.641. The van der Waals surface area contributed by atoms with Gasteiger partial charge in [-0.2, -0.15) is 0 Å². The number of para-hydroxylation sites is 1. The van der Waals surface area contributed by atoms with Crippen LogP contribution in [0.2, 0.25) is 0 Å². The molecule has 0 aliphatic heterocycles. The monoisotopic (exact) mass is 218 g/mol. The number of benzene rings is 1. The summed E-state index contributed by atoms with van der Waals surface area (Å²) in [5.74, 6) is 5.65. The summed E-state index contributed by atoms with van der Waals surface area (Å²) in [5, 5.41) is 13.8. The zero-order chi connectivity index (χ0) is 11.8. The van der Waals surface area contributed by atoms with E-state index in [-0.39, 0.29) is 10.6 Å². The number of nitrogens with one attached hydrogen (secondary N) is 1. The van der Waals surface area contributed by atoms with Crippen LogP contribution in [-0.2, 0) is 6.42 Å². The molecule has 0 atom stereocenters. The van der Waals surface area contributed by atoms with Crippen LogP contribution in [0.4, 0.5) is 5.69 Å². The molecule has 0 saturated heterocycles. The van der Waals surface area contributed by atoms with Gasteiger partial charge in [-0.05, 0) is 13.3 Å². The van der Waals surface area contributed by atoms with E-state index in [1.54, 1.807) is 19.1 Å². The predicted octanol–water partition coefficient (Wildman–Crippen LogP) is 1.75. The van der Waals surface area contributed by atoms with Gasteiger partial charge in [0, 0.05) is 18.2 Å². The Bertz CT molecular complexity index is 419. The van der Waals surface area contributed by atoms with Gasteiger partial charge in [0.15, 0.2) is 0 Å². The smallest absolute Gasteiger partial charge is 0.272 e. The minimum atomic E-state index is -0.346. The zero-order valence-corrected chi connectivity index (χ0v) is 9.19. The van der Waals surface area contributed by atoms with E-state index in [0.29, 0.717) is 19.5 Å². The van der Waals surface area contributed by atoms with Gasteiger partial charge in [-0.3, -0.25) is 10.1 Å². The average molecular weight is 218 g/mol. The highest BCUT2D eigenvalue weighted by atomic mass is 16.6. The fourth-order valence-corrected chi connectivity index (χ4v) is 1.36. The van der Waals surface area contributed by atoms with Gasteiger partial charge in [-0.1, -0.05) is 24.1 Å². The Balaban J connectivity index is 2.52. The van der Waals surface area contributed by atoms with Crippen LogP contribution in [0.5, 0.6) is 0 Å². The second-order valence-electron chi connectivity index (χ2n) is 3.24. The third-order valence-corrected chi connectivity index (χ3v) is 2.15. The van der Waals surface area contributed by atoms with Crippen molar-refractivity contribution < 1.29 is 4.92 Å². The Morgan fingerprint density at radius 2 is 2.19 bits per heavy atom. The lowest BCUT2D eigenvalue weighted by Gasteiger charge is -2.02. The first-order valence-electron chi connectivity index (χ1n) is 5.08. The molecule has 4 heteroatoms. The summed E-state index contributed by atoms with van der Waals surface area (Å²) in [4.78, 5) is 10.4. The zero-order valence-electron chi connectivity index (χ0n) is 9.19. The van der Waals surface area contributed by atoms with Gasteiger partial charge < -0.3 is 5.32 Å². The summed E-state index contributed by atoms with van der Waals surface area (Å²) < 4.78 is 0. The number of rotatable bonds is 5. The highest BCUT2D eigenvalue weighted by Gasteiger charge is 2.10. The largest absolute Gasteiger partial charge is 0.306 e. The minimum Gasteiger partial charge on any atom is -0.306 e. The SMILES string of the molecule is CC#CCNCCc1ccccc1[N+](=O)[O-]. The molecule has 0 fully saturated rings. The molecule has 0 radical (unpaired) electrons. The predicted molar refractivity (Wildman–Crippen MR) is 63.1 cm³/mol. The molecule has 0 saturated carbocycles. The molecule has 1 N–H and O–H groups in total. The molecule has 0 unspecified atom stereocenters. The van der Waals surface area contributed by atoms with Crippen molar-refractivity contribution in [3.05, 3.63) is 39.9 Å². The van der Waals surface area contributed by atoms with Crippen LogP contribution < -0.4 is 5.32 Å². The van der Waals surface area contributed by atoms with E-state index >= 15 is 0 Å². The van der Waals surface area contributed by atoms with Crippen LogP contribution in [0, 0.1) is 22.0 Å². The lowest BCUT2D eigenvalue weighted by molar-refractivity contribution is -0.385. The Morgan fingerprint density at radius 1 is 1.44 bits per heavy atom. The number of nitro groups is 1. The number of nitro benzene ring substituents is 1. The number of hydrogen-bond acceptors (Lipinski definition) is 3. The molecule has 1 aromatic rings. The topological polar surface area (TPSA) is 55.2 Å². The maximum absolute atomic E-state index is 10.7. The van der Waals surface area contributed by atoms with Gasteiger partial charge in [0.1, 0.15) is 0 Å². The van der Waals surface area contributed by atoms with Crippen LogP contribution in [0.3, 0.4) is 0 Å². The summed E-state index contributed by atoms with van der Waals surface area (Å²) >= 11 is 0. The molecule has 84 valence electrons. The van der Waals surface area contributed by atoms with Crippen LogP contribution >= 0.6 is 0 Å². The Morgan fingerprint density at radius 3 is 2.88 bits per heavy atom. The first kappa shape index (κ1) is 12.2. The maximum Gasteiger partial charge on any atom is 0.272 e. The summed E-state index contributed by atoms with van der Waals surface area (Å²) in [5.41, 5.74) is 0.940. The second kappa shape index (κ2) is 6.59. The van der Waals surface area contributed by atoms with Crippen molar-refractivity contribution in [3.8, 4) is 11.8 Å². The van der Waals surface area contributed by atoms with Crippen molar-refractivity contribution in [2.24, 2.45) is 0 Å². The highest BCUT2D eigenvalue weighted by Crippen LogP contribution is 2.17. The fraction of sp³-hybridized carbons (Fsp3) is 0.333. The Labute approximate surface area is 94.8 Å². The molecular formula is C12H14N2O2. The summed E-state index contributed by atoms with van der Waals surface area (Å²) in [7, 11) is 0. The molecule has 0 spiro atoms. The van der Waals surface area contributed by atoms with Crippen molar-refractivity contribution in [2.45, 2.75) is 13.3 Å². The number of nitrogens with zero attached hydrogens (tertiary/aromatic N) is 1. The first-order chi connectivity index (χ1) is 7.75. The van der Waals surface area contributed by atoms with Gasteiger partial charge in [0.25, 0.3) is 5.69 Å². The van der Waals surface area contributed by atoms with Crippen molar-refractivity contribution in [3.63, 3.8) is 0 Å². The van der Waals surface area contributed by atoms with Crippen molar-refractivity contribution in [2.75, 3.05) is 13.1 Å². The third-order valence-electron chi connectivity index (χ3n) is 2.15. The van der Waals surface area contributed by atoms with E-state index in [9.17, 15) is 10.1 Å². The van der Waals surface area contributed by atoms with Crippen LogP contribution in [0.1, 0.15) is 12.5 Å². The molecular weight excluding hydrogens is 204 g/mol. The van der Waals surface area contributed by atoms with E-state index in [0.717, 1.165) is 5.56 Å². The van der Waals surface area contributed by atoms with Crippen molar-refractivity contribution >= 4 is 5.69 Å². The van der Waals surface area contributed by atoms with E-state index in [1.165, 1.54) is 6.07 Å². The third kappa shape index (κ3) is 3.71. The lowest BCUT2D eigenvalue weighted by atomic mass is 10.1. The average Bonchev–Trinajstić information content (AvgIpc) is 2.29. The molecule has 16 heavy (non-hydrogen) atoms. The van der Waals surface area contributed by atoms with Crippen molar-refractivity contribution in [1.82, 2.24) is 5.32 Å². The maximum atomic E-state index is 10.7. The number of hydrogen-bond donors (Lipinski definition) is 1.